The third-order valence-corrected chi connectivity index (χ3v) is 10.6. The number of hydrogen-bond donors (Lipinski definition) is 0. The van der Waals surface area contributed by atoms with Gasteiger partial charge in [0.2, 0.25) is 0 Å². The number of fused-ring (bicyclic) bond motifs is 8. The molecule has 2 aromatic heterocycles. The van der Waals surface area contributed by atoms with Gasteiger partial charge in [0.05, 0.1) is 22.4 Å². The number of anilines is 3. The zero-order chi connectivity index (χ0) is 32.7. The highest BCUT2D eigenvalue weighted by Gasteiger charge is 2.37. The van der Waals surface area contributed by atoms with Gasteiger partial charge in [-0.3, -0.25) is 4.98 Å². The van der Waals surface area contributed by atoms with Gasteiger partial charge in [0.1, 0.15) is 0 Å². The highest BCUT2D eigenvalue weighted by Crippen LogP contribution is 2.52. The molecule has 0 amide bonds. The standard InChI is InChI=1S/C46H33N3/c1-46(2)39-27-32(44-37-20-12-10-14-31(37)25-26-47-44)22-23-41(39)49-42-24-21-30-13-9-11-19-36(30)43(42)38-28-35(29-40(46)45(38)49)48(33-15-5-3-6-16-33)34-17-7-4-8-18-34/h3-29H,1-2H3. The van der Waals surface area contributed by atoms with Gasteiger partial charge in [-0.2, -0.15) is 0 Å². The molecule has 10 rings (SSSR count). The van der Waals surface area contributed by atoms with E-state index in [0.717, 1.165) is 28.3 Å². The molecule has 0 aliphatic carbocycles. The summed E-state index contributed by atoms with van der Waals surface area (Å²) >= 11 is 0. The molecule has 0 N–H and O–H groups in total. The predicted octanol–water partition coefficient (Wildman–Crippen LogP) is 12.3. The molecule has 1 aliphatic heterocycles. The van der Waals surface area contributed by atoms with E-state index in [1.54, 1.807) is 0 Å². The van der Waals surface area contributed by atoms with Crippen LogP contribution in [0.2, 0.25) is 0 Å². The van der Waals surface area contributed by atoms with Crippen LogP contribution >= 0.6 is 0 Å². The summed E-state index contributed by atoms with van der Waals surface area (Å²) in [5.74, 6) is 0. The number of benzene rings is 7. The second kappa shape index (κ2) is 10.4. The molecule has 0 bridgehead atoms. The van der Waals surface area contributed by atoms with E-state index < -0.39 is 0 Å². The van der Waals surface area contributed by atoms with Crippen molar-refractivity contribution in [1.82, 2.24) is 9.55 Å². The van der Waals surface area contributed by atoms with E-state index in [0.29, 0.717) is 0 Å². The van der Waals surface area contributed by atoms with Gasteiger partial charge in [0.15, 0.2) is 0 Å². The van der Waals surface area contributed by atoms with Crippen LogP contribution in [-0.2, 0) is 5.41 Å². The zero-order valence-electron chi connectivity index (χ0n) is 27.4. The quantitative estimate of drug-likeness (QED) is 0.194. The smallest absolute Gasteiger partial charge is 0.0780 e. The van der Waals surface area contributed by atoms with Crippen molar-refractivity contribution in [3.05, 3.63) is 175 Å². The largest absolute Gasteiger partial charge is 0.310 e. The average Bonchev–Trinajstić information content (AvgIpc) is 3.49. The Bertz CT molecular complexity index is 2690. The zero-order valence-corrected chi connectivity index (χ0v) is 27.4. The minimum absolute atomic E-state index is 0.302. The van der Waals surface area contributed by atoms with E-state index in [4.69, 9.17) is 4.98 Å². The maximum atomic E-state index is 4.92. The number of hydrogen-bond acceptors (Lipinski definition) is 2. The molecular formula is C46H33N3. The van der Waals surface area contributed by atoms with E-state index in [-0.39, 0.29) is 5.41 Å². The van der Waals surface area contributed by atoms with Crippen LogP contribution in [0.1, 0.15) is 25.0 Å². The van der Waals surface area contributed by atoms with Gasteiger partial charge in [0, 0.05) is 50.4 Å². The van der Waals surface area contributed by atoms with Crippen LogP contribution in [0.3, 0.4) is 0 Å². The van der Waals surface area contributed by atoms with Crippen molar-refractivity contribution >= 4 is 60.4 Å². The fraction of sp³-hybridized carbons (Fsp3) is 0.0652. The van der Waals surface area contributed by atoms with E-state index in [1.165, 1.54) is 60.2 Å². The molecule has 3 heteroatoms. The van der Waals surface area contributed by atoms with E-state index >= 15 is 0 Å². The SMILES string of the molecule is CC1(C)c2cc(-c3nccc4ccccc34)ccc2-n2c3ccc4ccccc4c3c3cc(N(c4ccccc4)c4ccccc4)cc1c32. The Morgan fingerprint density at radius 2 is 1.18 bits per heavy atom. The minimum Gasteiger partial charge on any atom is -0.310 e. The Hall–Kier alpha value is -6.19. The number of nitrogens with zero attached hydrogens (tertiary/aromatic N) is 3. The third-order valence-electron chi connectivity index (χ3n) is 10.6. The van der Waals surface area contributed by atoms with Crippen molar-refractivity contribution in [3.63, 3.8) is 0 Å². The van der Waals surface area contributed by atoms with Crippen LogP contribution in [0.25, 0.3) is 60.3 Å². The van der Waals surface area contributed by atoms with Gasteiger partial charge in [0.25, 0.3) is 0 Å². The maximum absolute atomic E-state index is 4.92. The number of aromatic nitrogens is 2. The molecule has 7 aromatic carbocycles. The van der Waals surface area contributed by atoms with Gasteiger partial charge in [-0.15, -0.1) is 0 Å². The summed E-state index contributed by atoms with van der Waals surface area (Å²) in [7, 11) is 0. The lowest BCUT2D eigenvalue weighted by molar-refractivity contribution is 0.630. The summed E-state index contributed by atoms with van der Waals surface area (Å²) in [6, 6.07) is 57.3. The van der Waals surface area contributed by atoms with Crippen LogP contribution in [-0.4, -0.2) is 9.55 Å². The molecule has 1 aliphatic rings. The summed E-state index contributed by atoms with van der Waals surface area (Å²) in [6.45, 7) is 4.78. The van der Waals surface area contributed by atoms with E-state index in [9.17, 15) is 0 Å². The van der Waals surface area contributed by atoms with Gasteiger partial charge < -0.3 is 9.47 Å². The topological polar surface area (TPSA) is 21.1 Å². The van der Waals surface area contributed by atoms with Gasteiger partial charge in [-0.25, -0.2) is 0 Å². The van der Waals surface area contributed by atoms with Crippen LogP contribution in [0.4, 0.5) is 17.1 Å². The second-order valence-electron chi connectivity index (χ2n) is 13.6. The first kappa shape index (κ1) is 27.9. The molecule has 3 nitrogen and oxygen atoms in total. The molecule has 0 atom stereocenters. The van der Waals surface area contributed by atoms with Crippen molar-refractivity contribution < 1.29 is 0 Å². The summed E-state index contributed by atoms with van der Waals surface area (Å²) in [5.41, 5.74) is 11.6. The van der Waals surface area contributed by atoms with Gasteiger partial charge in [-0.05, 0) is 87.9 Å². The van der Waals surface area contributed by atoms with Gasteiger partial charge in [-0.1, -0.05) is 111 Å². The van der Waals surface area contributed by atoms with Crippen LogP contribution in [0.15, 0.2) is 164 Å². The van der Waals surface area contributed by atoms with E-state index in [1.807, 2.05) is 6.20 Å². The lowest BCUT2D eigenvalue weighted by atomic mass is 9.73. The first-order chi connectivity index (χ1) is 24.1. The summed E-state index contributed by atoms with van der Waals surface area (Å²) in [6.07, 6.45) is 1.93. The lowest BCUT2D eigenvalue weighted by Crippen LogP contribution is -2.27. The Labute approximate surface area is 285 Å². The Morgan fingerprint density at radius 1 is 0.531 bits per heavy atom. The molecular weight excluding hydrogens is 595 g/mol. The highest BCUT2D eigenvalue weighted by molar-refractivity contribution is 6.23. The Balaban J connectivity index is 1.32. The number of rotatable bonds is 4. The van der Waals surface area contributed by atoms with Crippen molar-refractivity contribution in [2.24, 2.45) is 0 Å². The Morgan fingerprint density at radius 3 is 1.92 bits per heavy atom. The van der Waals surface area contributed by atoms with Crippen LogP contribution < -0.4 is 4.90 Å². The molecule has 0 fully saturated rings. The van der Waals surface area contributed by atoms with Crippen LogP contribution in [0, 0.1) is 0 Å². The number of para-hydroxylation sites is 2. The summed E-state index contributed by atoms with van der Waals surface area (Å²) < 4.78 is 2.52. The minimum atomic E-state index is -0.302. The monoisotopic (exact) mass is 627 g/mol. The maximum Gasteiger partial charge on any atom is 0.0780 e. The molecule has 9 aromatic rings. The molecule has 49 heavy (non-hydrogen) atoms. The molecule has 3 heterocycles. The lowest BCUT2D eigenvalue weighted by Gasteiger charge is -2.36. The average molecular weight is 628 g/mol. The summed E-state index contributed by atoms with van der Waals surface area (Å²) in [4.78, 5) is 7.32. The van der Waals surface area contributed by atoms with Crippen molar-refractivity contribution in [1.29, 1.82) is 0 Å². The first-order valence-corrected chi connectivity index (χ1v) is 17.0. The van der Waals surface area contributed by atoms with Crippen molar-refractivity contribution in [2.45, 2.75) is 19.3 Å². The first-order valence-electron chi connectivity index (χ1n) is 17.0. The fourth-order valence-corrected chi connectivity index (χ4v) is 8.23. The molecule has 0 unspecified atom stereocenters. The molecule has 232 valence electrons. The van der Waals surface area contributed by atoms with Crippen LogP contribution in [0.5, 0.6) is 0 Å². The second-order valence-corrected chi connectivity index (χ2v) is 13.6. The van der Waals surface area contributed by atoms with Crippen molar-refractivity contribution in [3.8, 4) is 16.9 Å². The van der Waals surface area contributed by atoms with E-state index in [2.05, 4.69) is 181 Å². The van der Waals surface area contributed by atoms with Crippen molar-refractivity contribution in [2.75, 3.05) is 4.90 Å². The normalized spacial score (nSPS) is 13.3. The molecule has 0 saturated carbocycles. The van der Waals surface area contributed by atoms with Gasteiger partial charge >= 0.3 is 0 Å². The molecule has 0 radical (unpaired) electrons. The fourth-order valence-electron chi connectivity index (χ4n) is 8.23. The third kappa shape index (κ3) is 4.06. The Kier molecular flexibility index (Phi) is 5.92. The number of pyridine rings is 1. The highest BCUT2D eigenvalue weighted by atomic mass is 15.1. The molecule has 0 saturated heterocycles. The molecule has 0 spiro atoms. The summed E-state index contributed by atoms with van der Waals surface area (Å²) in [5, 5.41) is 7.46. The predicted molar refractivity (Wildman–Crippen MR) is 206 cm³/mol.